The molecule has 4 nitrogen and oxygen atoms in total. The Hall–Kier alpha value is -1.21. The zero-order valence-electron chi connectivity index (χ0n) is 13.7. The van der Waals surface area contributed by atoms with Gasteiger partial charge in [0.1, 0.15) is 0 Å². The van der Waals surface area contributed by atoms with E-state index in [-0.39, 0.29) is 6.04 Å². The van der Waals surface area contributed by atoms with Crippen molar-refractivity contribution in [2.24, 2.45) is 0 Å². The Morgan fingerprint density at radius 1 is 1.00 bits per heavy atom. The van der Waals surface area contributed by atoms with Gasteiger partial charge in [-0.05, 0) is 49.5 Å². The smallest absolute Gasteiger partial charge is 0.240 e. The molecule has 1 atom stereocenters. The molecule has 3 rings (SSSR count). The quantitative estimate of drug-likeness (QED) is 0.851. The second kappa shape index (κ2) is 8.25. The summed E-state index contributed by atoms with van der Waals surface area (Å²) in [6, 6.07) is 12.9. The molecule has 2 heterocycles. The lowest BCUT2D eigenvalue weighted by atomic mass is 10.2. The number of benzene rings is 1. The topological polar surface area (TPSA) is 49.4 Å². The molecule has 1 N–H and O–H groups in total. The molecule has 2 aromatic rings. The van der Waals surface area contributed by atoms with E-state index in [1.807, 2.05) is 12.1 Å². The van der Waals surface area contributed by atoms with Crippen LogP contribution in [0.4, 0.5) is 0 Å². The van der Waals surface area contributed by atoms with Gasteiger partial charge in [-0.1, -0.05) is 37.1 Å². The van der Waals surface area contributed by atoms with Crippen LogP contribution in [-0.4, -0.2) is 33.0 Å². The first-order valence-electron chi connectivity index (χ1n) is 8.49. The zero-order chi connectivity index (χ0) is 16.8. The van der Waals surface area contributed by atoms with E-state index in [4.69, 9.17) is 0 Å². The molecule has 0 saturated carbocycles. The minimum Gasteiger partial charge on any atom is -0.294 e. The average molecular weight is 365 g/mol. The van der Waals surface area contributed by atoms with Crippen molar-refractivity contribution in [2.75, 3.05) is 19.6 Å². The lowest BCUT2D eigenvalue weighted by molar-refractivity contribution is 0.209. The monoisotopic (exact) mass is 364 g/mol. The van der Waals surface area contributed by atoms with Gasteiger partial charge in [-0.2, -0.15) is 0 Å². The van der Waals surface area contributed by atoms with E-state index in [0.29, 0.717) is 11.4 Å². The molecule has 0 spiro atoms. The van der Waals surface area contributed by atoms with Gasteiger partial charge in [0.05, 0.1) is 10.9 Å². The van der Waals surface area contributed by atoms with Crippen molar-refractivity contribution >= 4 is 21.4 Å². The van der Waals surface area contributed by atoms with E-state index < -0.39 is 10.0 Å². The third kappa shape index (κ3) is 4.45. The predicted octanol–water partition coefficient (Wildman–Crippen LogP) is 3.64. The molecule has 130 valence electrons. The molecule has 0 amide bonds. The Balaban J connectivity index is 1.75. The van der Waals surface area contributed by atoms with Crippen molar-refractivity contribution in [1.82, 2.24) is 9.62 Å². The van der Waals surface area contributed by atoms with E-state index in [0.717, 1.165) is 13.1 Å². The summed E-state index contributed by atoms with van der Waals surface area (Å²) in [5.74, 6) is 0. The highest BCUT2D eigenvalue weighted by Crippen LogP contribution is 2.27. The maximum absolute atomic E-state index is 12.5. The lowest BCUT2D eigenvalue weighted by Gasteiger charge is -2.30. The van der Waals surface area contributed by atoms with Gasteiger partial charge in [0.2, 0.25) is 10.0 Å². The second-order valence-electron chi connectivity index (χ2n) is 6.15. The van der Waals surface area contributed by atoms with Gasteiger partial charge in [-0.15, -0.1) is 11.3 Å². The molecule has 0 radical (unpaired) electrons. The van der Waals surface area contributed by atoms with E-state index >= 15 is 0 Å². The number of hydrogen-bond acceptors (Lipinski definition) is 4. The first-order chi connectivity index (χ1) is 11.7. The minimum atomic E-state index is -3.47. The number of hydrogen-bond donors (Lipinski definition) is 1. The van der Waals surface area contributed by atoms with Crippen LogP contribution in [0.3, 0.4) is 0 Å². The van der Waals surface area contributed by atoms with Crippen LogP contribution >= 0.6 is 11.3 Å². The van der Waals surface area contributed by atoms with Crippen LogP contribution in [0.2, 0.25) is 0 Å². The van der Waals surface area contributed by atoms with Crippen molar-refractivity contribution in [3.63, 3.8) is 0 Å². The van der Waals surface area contributed by atoms with Crippen LogP contribution in [0.5, 0.6) is 0 Å². The SMILES string of the molecule is O=S(=O)(NCC(c1cccs1)N1CCCCCC1)c1ccccc1. The molecular formula is C18H24N2O2S2. The van der Waals surface area contributed by atoms with Gasteiger partial charge in [0.25, 0.3) is 0 Å². The number of likely N-dealkylation sites (tertiary alicyclic amines) is 1. The normalized spacial score (nSPS) is 18.2. The van der Waals surface area contributed by atoms with Crippen molar-refractivity contribution < 1.29 is 8.42 Å². The summed E-state index contributed by atoms with van der Waals surface area (Å²) in [6.07, 6.45) is 4.91. The largest absolute Gasteiger partial charge is 0.294 e. The van der Waals surface area contributed by atoms with Crippen LogP contribution in [0.25, 0.3) is 0 Å². The van der Waals surface area contributed by atoms with Crippen LogP contribution in [0.1, 0.15) is 36.6 Å². The van der Waals surface area contributed by atoms with Gasteiger partial charge >= 0.3 is 0 Å². The molecule has 1 saturated heterocycles. The summed E-state index contributed by atoms with van der Waals surface area (Å²) in [7, 11) is -3.47. The standard InChI is InChI=1S/C18H24N2O2S2/c21-24(22,16-9-4-3-5-10-16)19-15-17(18-11-8-14-23-18)20-12-6-1-2-7-13-20/h3-5,8-11,14,17,19H,1-2,6-7,12-13,15H2. The summed E-state index contributed by atoms with van der Waals surface area (Å²) < 4.78 is 27.9. The van der Waals surface area contributed by atoms with E-state index in [1.165, 1.54) is 30.6 Å². The van der Waals surface area contributed by atoms with Gasteiger partial charge in [-0.3, -0.25) is 4.90 Å². The highest BCUT2D eigenvalue weighted by Gasteiger charge is 2.24. The molecule has 1 fully saturated rings. The molecule has 0 bridgehead atoms. The molecular weight excluding hydrogens is 340 g/mol. The average Bonchev–Trinajstić information content (AvgIpc) is 2.99. The summed E-state index contributed by atoms with van der Waals surface area (Å²) in [5.41, 5.74) is 0. The molecule has 1 aromatic heterocycles. The molecule has 6 heteroatoms. The maximum Gasteiger partial charge on any atom is 0.240 e. The van der Waals surface area contributed by atoms with Gasteiger partial charge in [-0.25, -0.2) is 13.1 Å². The van der Waals surface area contributed by atoms with Crippen LogP contribution in [-0.2, 0) is 10.0 Å². The molecule has 1 aliphatic heterocycles. The number of sulfonamides is 1. The number of thiophene rings is 1. The van der Waals surface area contributed by atoms with E-state index in [1.54, 1.807) is 35.6 Å². The molecule has 1 unspecified atom stereocenters. The van der Waals surface area contributed by atoms with Crippen LogP contribution < -0.4 is 4.72 Å². The third-order valence-corrected chi connectivity index (χ3v) is 6.89. The molecule has 0 aliphatic carbocycles. The fourth-order valence-corrected chi connectivity index (χ4v) is 5.09. The Bertz CT molecular complexity index is 707. The minimum absolute atomic E-state index is 0.113. The Morgan fingerprint density at radius 3 is 2.33 bits per heavy atom. The first kappa shape index (κ1) is 17.6. The van der Waals surface area contributed by atoms with Crippen LogP contribution in [0, 0.1) is 0 Å². The third-order valence-electron chi connectivity index (χ3n) is 4.47. The number of nitrogens with one attached hydrogen (secondary N) is 1. The van der Waals surface area contributed by atoms with Crippen LogP contribution in [0.15, 0.2) is 52.7 Å². The van der Waals surface area contributed by atoms with Crippen molar-refractivity contribution in [1.29, 1.82) is 0 Å². The summed E-state index contributed by atoms with van der Waals surface area (Å²) in [6.45, 7) is 2.49. The van der Waals surface area contributed by atoms with E-state index in [9.17, 15) is 8.42 Å². The van der Waals surface area contributed by atoms with Crippen molar-refractivity contribution in [2.45, 2.75) is 36.6 Å². The van der Waals surface area contributed by atoms with Gasteiger partial charge in [0, 0.05) is 11.4 Å². The maximum atomic E-state index is 12.5. The predicted molar refractivity (Wildman–Crippen MR) is 98.7 cm³/mol. The zero-order valence-corrected chi connectivity index (χ0v) is 15.4. The summed E-state index contributed by atoms with van der Waals surface area (Å²) in [4.78, 5) is 3.99. The van der Waals surface area contributed by atoms with Crippen molar-refractivity contribution in [3.05, 3.63) is 52.7 Å². The highest BCUT2D eigenvalue weighted by molar-refractivity contribution is 7.89. The van der Waals surface area contributed by atoms with Gasteiger partial charge in [0.15, 0.2) is 0 Å². The fourth-order valence-electron chi connectivity index (χ4n) is 3.17. The van der Waals surface area contributed by atoms with Gasteiger partial charge < -0.3 is 0 Å². The second-order valence-corrected chi connectivity index (χ2v) is 8.89. The van der Waals surface area contributed by atoms with E-state index in [2.05, 4.69) is 21.1 Å². The Morgan fingerprint density at radius 2 is 1.71 bits per heavy atom. The van der Waals surface area contributed by atoms with Crippen molar-refractivity contribution in [3.8, 4) is 0 Å². The fraction of sp³-hybridized carbons (Fsp3) is 0.444. The Kier molecular flexibility index (Phi) is 6.05. The summed E-state index contributed by atoms with van der Waals surface area (Å²) in [5, 5.41) is 2.06. The molecule has 1 aromatic carbocycles. The number of nitrogens with zero attached hydrogens (tertiary/aromatic N) is 1. The molecule has 1 aliphatic rings. The first-order valence-corrected chi connectivity index (χ1v) is 10.9. The summed E-state index contributed by atoms with van der Waals surface area (Å²) >= 11 is 1.70. The lowest BCUT2D eigenvalue weighted by Crippen LogP contribution is -2.38. The Labute approximate surface area is 148 Å². The highest BCUT2D eigenvalue weighted by atomic mass is 32.2. The number of rotatable bonds is 6. The molecule has 24 heavy (non-hydrogen) atoms.